The average molecular weight is 300 g/mol. The second-order valence-electron chi connectivity index (χ2n) is 6.59. The Hall–Kier alpha value is -1.84. The van der Waals surface area contributed by atoms with Gasteiger partial charge in [0.25, 0.3) is 0 Å². The average Bonchev–Trinajstić information content (AvgIpc) is 3.15. The van der Waals surface area contributed by atoms with Gasteiger partial charge in [0.15, 0.2) is 0 Å². The zero-order valence-corrected chi connectivity index (χ0v) is 13.4. The van der Waals surface area contributed by atoms with Crippen molar-refractivity contribution in [2.75, 3.05) is 16.8 Å². The van der Waals surface area contributed by atoms with Crippen LogP contribution in [0.1, 0.15) is 45.1 Å². The van der Waals surface area contributed by atoms with Gasteiger partial charge in [0.05, 0.1) is 0 Å². The number of hydrogen-bond donors (Lipinski definition) is 1. The maximum atomic E-state index is 12.4. The molecular weight excluding hydrogens is 276 g/mol. The van der Waals surface area contributed by atoms with Gasteiger partial charge in [-0.15, -0.1) is 0 Å². The van der Waals surface area contributed by atoms with Crippen molar-refractivity contribution in [3.05, 3.63) is 23.8 Å². The summed E-state index contributed by atoms with van der Waals surface area (Å²) in [6.07, 6.45) is 5.71. The zero-order valence-electron chi connectivity index (χ0n) is 13.4. The van der Waals surface area contributed by atoms with Gasteiger partial charge in [-0.2, -0.15) is 0 Å². The molecule has 1 fully saturated rings. The van der Waals surface area contributed by atoms with Gasteiger partial charge >= 0.3 is 0 Å². The molecule has 2 amide bonds. The van der Waals surface area contributed by atoms with Crippen molar-refractivity contribution in [3.8, 4) is 0 Å². The fourth-order valence-electron chi connectivity index (χ4n) is 3.71. The van der Waals surface area contributed by atoms with Crippen molar-refractivity contribution < 1.29 is 9.59 Å². The number of carbonyl (C=O) groups is 2. The Morgan fingerprint density at radius 3 is 2.68 bits per heavy atom. The first-order valence-corrected chi connectivity index (χ1v) is 8.28. The number of benzene rings is 1. The van der Waals surface area contributed by atoms with E-state index in [2.05, 4.69) is 5.32 Å². The molecule has 3 rings (SSSR count). The topological polar surface area (TPSA) is 49.4 Å². The Kier molecular flexibility index (Phi) is 4.19. The summed E-state index contributed by atoms with van der Waals surface area (Å²) in [6.45, 7) is 4.35. The maximum absolute atomic E-state index is 12.4. The lowest BCUT2D eigenvalue weighted by atomic mass is 9.92. The van der Waals surface area contributed by atoms with Crippen LogP contribution in [0.3, 0.4) is 0 Å². The van der Waals surface area contributed by atoms with Crippen molar-refractivity contribution in [2.24, 2.45) is 11.8 Å². The minimum Gasteiger partial charge on any atom is -0.326 e. The summed E-state index contributed by atoms with van der Waals surface area (Å²) in [5, 5.41) is 3.03. The summed E-state index contributed by atoms with van der Waals surface area (Å²) in [4.78, 5) is 25.9. The Bertz CT molecular complexity index is 591. The second-order valence-corrected chi connectivity index (χ2v) is 6.59. The third-order valence-electron chi connectivity index (χ3n) is 5.15. The summed E-state index contributed by atoms with van der Waals surface area (Å²) < 4.78 is 0. The van der Waals surface area contributed by atoms with E-state index in [0.29, 0.717) is 5.92 Å². The van der Waals surface area contributed by atoms with Gasteiger partial charge in [0.1, 0.15) is 0 Å². The predicted molar refractivity (Wildman–Crippen MR) is 87.9 cm³/mol. The molecule has 1 unspecified atom stereocenters. The van der Waals surface area contributed by atoms with Crippen LogP contribution in [0.15, 0.2) is 18.2 Å². The van der Waals surface area contributed by atoms with E-state index in [1.807, 2.05) is 25.1 Å². The predicted octanol–water partition coefficient (Wildman–Crippen LogP) is 3.36. The molecule has 1 heterocycles. The summed E-state index contributed by atoms with van der Waals surface area (Å²) in [5.74, 6) is 0.726. The molecule has 118 valence electrons. The molecule has 22 heavy (non-hydrogen) atoms. The maximum Gasteiger partial charge on any atom is 0.227 e. The molecule has 0 saturated heterocycles. The van der Waals surface area contributed by atoms with Crippen LogP contribution in [-0.2, 0) is 16.0 Å². The number of nitrogens with zero attached hydrogens (tertiary/aromatic N) is 1. The van der Waals surface area contributed by atoms with Crippen LogP contribution < -0.4 is 10.2 Å². The lowest BCUT2D eigenvalue weighted by Gasteiger charge is -2.19. The molecule has 0 bridgehead atoms. The first-order chi connectivity index (χ1) is 10.6. The molecular formula is C18H24N2O2. The van der Waals surface area contributed by atoms with Crippen molar-refractivity contribution in [1.29, 1.82) is 0 Å². The molecule has 1 aromatic carbocycles. The van der Waals surface area contributed by atoms with Gasteiger partial charge in [0, 0.05) is 30.8 Å². The summed E-state index contributed by atoms with van der Waals surface area (Å²) in [7, 11) is 0. The third kappa shape index (κ3) is 2.87. The Morgan fingerprint density at radius 2 is 2.00 bits per heavy atom. The molecule has 4 nitrogen and oxygen atoms in total. The first-order valence-electron chi connectivity index (χ1n) is 8.28. The molecule has 1 atom stereocenters. The largest absolute Gasteiger partial charge is 0.326 e. The second kappa shape index (κ2) is 6.11. The molecule has 1 aromatic rings. The Balaban J connectivity index is 1.72. The number of anilines is 2. The van der Waals surface area contributed by atoms with Gasteiger partial charge in [-0.05, 0) is 42.9 Å². The molecule has 0 radical (unpaired) electrons. The van der Waals surface area contributed by atoms with Crippen LogP contribution in [0, 0.1) is 11.8 Å². The van der Waals surface area contributed by atoms with E-state index in [1.165, 1.54) is 18.4 Å². The van der Waals surface area contributed by atoms with Crippen LogP contribution >= 0.6 is 0 Å². The fraction of sp³-hybridized carbons (Fsp3) is 0.556. The Morgan fingerprint density at radius 1 is 1.27 bits per heavy atom. The van der Waals surface area contributed by atoms with E-state index < -0.39 is 0 Å². The number of rotatable bonds is 3. The van der Waals surface area contributed by atoms with Gasteiger partial charge in [-0.1, -0.05) is 25.8 Å². The molecule has 1 aliphatic heterocycles. The lowest BCUT2D eigenvalue weighted by molar-refractivity contribution is -0.121. The minimum absolute atomic E-state index is 0.0552. The van der Waals surface area contributed by atoms with Crippen molar-refractivity contribution in [2.45, 2.75) is 46.0 Å². The van der Waals surface area contributed by atoms with Crippen molar-refractivity contribution in [3.63, 3.8) is 0 Å². The zero-order chi connectivity index (χ0) is 15.7. The quantitative estimate of drug-likeness (QED) is 0.930. The van der Waals surface area contributed by atoms with Gasteiger partial charge in [-0.3, -0.25) is 9.59 Å². The normalized spacial score (nSPS) is 19.1. The van der Waals surface area contributed by atoms with Crippen LogP contribution in [-0.4, -0.2) is 18.4 Å². The number of carbonyl (C=O) groups excluding carboxylic acids is 2. The van der Waals surface area contributed by atoms with E-state index in [4.69, 9.17) is 0 Å². The highest BCUT2D eigenvalue weighted by molar-refractivity contribution is 5.97. The SMILES string of the molecule is CC(=O)N1CCc2ccc(NC(=O)C(C)C3CCCC3)cc21. The van der Waals surface area contributed by atoms with Gasteiger partial charge in [0.2, 0.25) is 11.8 Å². The third-order valence-corrected chi connectivity index (χ3v) is 5.15. The molecule has 1 N–H and O–H groups in total. The minimum atomic E-state index is 0.0552. The number of nitrogens with one attached hydrogen (secondary N) is 1. The van der Waals surface area contributed by atoms with Crippen LogP contribution in [0.25, 0.3) is 0 Å². The molecule has 0 aromatic heterocycles. The van der Waals surface area contributed by atoms with Crippen LogP contribution in [0.2, 0.25) is 0 Å². The molecule has 0 spiro atoms. The summed E-state index contributed by atoms with van der Waals surface area (Å²) in [5.41, 5.74) is 2.91. The smallest absolute Gasteiger partial charge is 0.227 e. The number of amides is 2. The van der Waals surface area contributed by atoms with Crippen molar-refractivity contribution >= 4 is 23.2 Å². The number of fused-ring (bicyclic) bond motifs is 1. The summed E-state index contributed by atoms with van der Waals surface area (Å²) >= 11 is 0. The Labute approximate surface area is 131 Å². The highest BCUT2D eigenvalue weighted by Crippen LogP contribution is 2.33. The fourth-order valence-corrected chi connectivity index (χ4v) is 3.71. The molecule has 1 saturated carbocycles. The van der Waals surface area contributed by atoms with E-state index in [-0.39, 0.29) is 17.7 Å². The first kappa shape index (κ1) is 15.1. The number of hydrogen-bond acceptors (Lipinski definition) is 2. The summed E-state index contributed by atoms with van der Waals surface area (Å²) in [6, 6.07) is 5.90. The van der Waals surface area contributed by atoms with Crippen LogP contribution in [0.4, 0.5) is 11.4 Å². The van der Waals surface area contributed by atoms with Gasteiger partial charge in [-0.25, -0.2) is 0 Å². The molecule has 2 aliphatic rings. The molecule has 1 aliphatic carbocycles. The van der Waals surface area contributed by atoms with Crippen LogP contribution in [0.5, 0.6) is 0 Å². The van der Waals surface area contributed by atoms with E-state index in [1.54, 1.807) is 11.8 Å². The molecule has 4 heteroatoms. The van der Waals surface area contributed by atoms with Gasteiger partial charge < -0.3 is 10.2 Å². The van der Waals surface area contributed by atoms with E-state index >= 15 is 0 Å². The van der Waals surface area contributed by atoms with Crippen molar-refractivity contribution in [1.82, 2.24) is 0 Å². The monoisotopic (exact) mass is 300 g/mol. The van der Waals surface area contributed by atoms with E-state index in [0.717, 1.165) is 37.2 Å². The highest BCUT2D eigenvalue weighted by atomic mass is 16.2. The highest BCUT2D eigenvalue weighted by Gasteiger charge is 2.27. The lowest BCUT2D eigenvalue weighted by Crippen LogP contribution is -2.27. The van der Waals surface area contributed by atoms with E-state index in [9.17, 15) is 9.59 Å². The standard InChI is InChI=1S/C18H24N2O2/c1-12(14-5-3-4-6-14)18(22)19-16-8-7-15-9-10-20(13(2)21)17(15)11-16/h7-8,11-12,14H,3-6,9-10H2,1-2H3,(H,19,22).